The maximum absolute atomic E-state index is 12.6. The van der Waals surface area contributed by atoms with Crippen molar-refractivity contribution in [1.29, 1.82) is 0 Å². The van der Waals surface area contributed by atoms with Crippen LogP contribution in [0, 0.1) is 17.0 Å². The van der Waals surface area contributed by atoms with E-state index in [1.807, 2.05) is 13.8 Å². The van der Waals surface area contributed by atoms with Gasteiger partial charge in [0.05, 0.1) is 4.92 Å². The summed E-state index contributed by atoms with van der Waals surface area (Å²) in [6, 6.07) is 4.88. The highest BCUT2D eigenvalue weighted by molar-refractivity contribution is 5.77. The molecule has 0 radical (unpaired) electrons. The van der Waals surface area contributed by atoms with Gasteiger partial charge in [-0.3, -0.25) is 24.5 Å². The Morgan fingerprint density at radius 3 is 2.54 bits per heavy atom. The number of hydrogen-bond donors (Lipinski definition) is 1. The molecule has 0 atom stereocenters. The fourth-order valence-corrected chi connectivity index (χ4v) is 3.30. The van der Waals surface area contributed by atoms with Crippen LogP contribution in [0.1, 0.15) is 38.7 Å². The molecule has 0 aliphatic heterocycles. The van der Waals surface area contributed by atoms with Crippen LogP contribution in [0.4, 0.5) is 5.69 Å². The lowest BCUT2D eigenvalue weighted by molar-refractivity contribution is -0.385. The van der Waals surface area contributed by atoms with E-state index in [2.05, 4.69) is 9.97 Å². The molecule has 3 rings (SSSR count). The number of H-pyrrole nitrogens is 1. The largest absolute Gasteiger partial charge is 0.330 e. The van der Waals surface area contributed by atoms with Gasteiger partial charge in [-0.05, 0) is 19.8 Å². The Morgan fingerprint density at radius 1 is 1.14 bits per heavy atom. The third kappa shape index (κ3) is 3.35. The fourth-order valence-electron chi connectivity index (χ4n) is 3.30. The number of fused-ring (bicyclic) bond motifs is 1. The summed E-state index contributed by atoms with van der Waals surface area (Å²) in [6.07, 6.45) is 2.40. The molecule has 2 aromatic heterocycles. The quantitative estimate of drug-likeness (QED) is 0.496. The van der Waals surface area contributed by atoms with Crippen molar-refractivity contribution in [2.45, 2.75) is 53.1 Å². The number of unbranched alkanes of at least 4 members (excludes halogenated alkanes) is 1. The van der Waals surface area contributed by atoms with Crippen LogP contribution < -0.4 is 11.2 Å². The number of nitro benzene ring substituents is 1. The molecule has 9 nitrogen and oxygen atoms in total. The molecule has 1 N–H and O–H groups in total. The number of nitrogens with zero attached hydrogens (tertiary/aromatic N) is 4. The average molecular weight is 385 g/mol. The predicted molar refractivity (Wildman–Crippen MR) is 107 cm³/mol. The standard InChI is InChI=1S/C19H23N5O4/c1-4-6-10-23-17-15(18(25)21-19(23)26)22(9-5-2)16(20-17)13-8-7-12(3)14(11-13)24(27)28/h7-8,11H,4-6,9-10H2,1-3H3,(H,21,25,26). The zero-order valence-corrected chi connectivity index (χ0v) is 16.2. The smallest absolute Gasteiger partial charge is 0.318 e. The van der Waals surface area contributed by atoms with Gasteiger partial charge in [0, 0.05) is 30.3 Å². The molecule has 0 unspecified atom stereocenters. The van der Waals surface area contributed by atoms with Crippen molar-refractivity contribution in [2.24, 2.45) is 0 Å². The Morgan fingerprint density at radius 2 is 1.89 bits per heavy atom. The van der Waals surface area contributed by atoms with E-state index in [0.29, 0.717) is 41.2 Å². The molecule has 148 valence electrons. The molecule has 0 aliphatic carbocycles. The van der Waals surface area contributed by atoms with Gasteiger partial charge < -0.3 is 4.57 Å². The van der Waals surface area contributed by atoms with Gasteiger partial charge in [-0.1, -0.05) is 32.4 Å². The number of benzene rings is 1. The van der Waals surface area contributed by atoms with Gasteiger partial charge in [-0.25, -0.2) is 9.78 Å². The number of aromatic amines is 1. The van der Waals surface area contributed by atoms with Crippen LogP contribution >= 0.6 is 0 Å². The maximum atomic E-state index is 12.6. The molecule has 0 amide bonds. The summed E-state index contributed by atoms with van der Waals surface area (Å²) in [6.45, 7) is 6.60. The van der Waals surface area contributed by atoms with Gasteiger partial charge in [0.15, 0.2) is 11.2 Å². The highest BCUT2D eigenvalue weighted by Crippen LogP contribution is 2.28. The lowest BCUT2D eigenvalue weighted by Crippen LogP contribution is -2.31. The first kappa shape index (κ1) is 19.5. The van der Waals surface area contributed by atoms with Gasteiger partial charge >= 0.3 is 5.69 Å². The lowest BCUT2D eigenvalue weighted by atomic mass is 10.1. The molecule has 0 bridgehead atoms. The number of rotatable bonds is 7. The van der Waals surface area contributed by atoms with E-state index in [9.17, 15) is 19.7 Å². The summed E-state index contributed by atoms with van der Waals surface area (Å²) in [7, 11) is 0. The first-order valence-corrected chi connectivity index (χ1v) is 9.37. The number of nitrogens with one attached hydrogen (secondary N) is 1. The molecule has 1 aromatic carbocycles. The first-order chi connectivity index (χ1) is 13.4. The first-order valence-electron chi connectivity index (χ1n) is 9.37. The Labute approximate surface area is 160 Å². The number of imidazole rings is 1. The second-order valence-electron chi connectivity index (χ2n) is 6.78. The van der Waals surface area contributed by atoms with Crippen LogP contribution in [0.25, 0.3) is 22.6 Å². The van der Waals surface area contributed by atoms with Crippen LogP contribution in [0.3, 0.4) is 0 Å². The predicted octanol–water partition coefficient (Wildman–Crippen LogP) is 2.98. The number of aromatic nitrogens is 4. The van der Waals surface area contributed by atoms with Crippen molar-refractivity contribution < 1.29 is 4.92 Å². The molecule has 3 aromatic rings. The minimum atomic E-state index is -0.499. The van der Waals surface area contributed by atoms with Gasteiger partial charge in [0.2, 0.25) is 0 Å². The van der Waals surface area contributed by atoms with E-state index in [-0.39, 0.29) is 5.69 Å². The Kier molecular flexibility index (Phi) is 5.43. The maximum Gasteiger partial charge on any atom is 0.330 e. The topological polar surface area (TPSA) is 116 Å². The molecule has 0 saturated carbocycles. The molecule has 0 fully saturated rings. The van der Waals surface area contributed by atoms with E-state index in [1.54, 1.807) is 23.6 Å². The zero-order valence-electron chi connectivity index (χ0n) is 16.2. The molecule has 28 heavy (non-hydrogen) atoms. The minimum absolute atomic E-state index is 0.00936. The minimum Gasteiger partial charge on any atom is -0.318 e. The second-order valence-corrected chi connectivity index (χ2v) is 6.78. The summed E-state index contributed by atoms with van der Waals surface area (Å²) in [5.41, 5.74) is 0.713. The summed E-state index contributed by atoms with van der Waals surface area (Å²) in [5.74, 6) is 0.446. The number of nitro groups is 1. The molecular weight excluding hydrogens is 362 g/mol. The van der Waals surface area contributed by atoms with Gasteiger partial charge in [0.25, 0.3) is 11.2 Å². The van der Waals surface area contributed by atoms with Crippen LogP contribution in [0.5, 0.6) is 0 Å². The second kappa shape index (κ2) is 7.79. The van der Waals surface area contributed by atoms with Gasteiger partial charge in [-0.15, -0.1) is 0 Å². The van der Waals surface area contributed by atoms with Crippen molar-refractivity contribution >= 4 is 16.9 Å². The van der Waals surface area contributed by atoms with E-state index in [4.69, 9.17) is 0 Å². The molecule has 0 saturated heterocycles. The Hall–Kier alpha value is -3.23. The van der Waals surface area contributed by atoms with Crippen molar-refractivity contribution in [3.63, 3.8) is 0 Å². The summed E-state index contributed by atoms with van der Waals surface area (Å²) in [4.78, 5) is 42.8. The van der Waals surface area contributed by atoms with Crippen LogP contribution in [0.15, 0.2) is 27.8 Å². The highest BCUT2D eigenvalue weighted by atomic mass is 16.6. The number of hydrogen-bond acceptors (Lipinski definition) is 5. The van der Waals surface area contributed by atoms with Crippen LogP contribution in [-0.2, 0) is 13.1 Å². The van der Waals surface area contributed by atoms with Crippen LogP contribution in [-0.4, -0.2) is 24.0 Å². The van der Waals surface area contributed by atoms with E-state index >= 15 is 0 Å². The van der Waals surface area contributed by atoms with E-state index in [1.165, 1.54) is 10.6 Å². The molecule has 0 aliphatic rings. The van der Waals surface area contributed by atoms with Crippen molar-refractivity contribution in [1.82, 2.24) is 19.1 Å². The third-order valence-corrected chi connectivity index (χ3v) is 4.73. The average Bonchev–Trinajstić information content (AvgIpc) is 3.02. The SMILES string of the molecule is CCCCn1c(=O)[nH]c(=O)c2c1nc(-c1ccc(C)c([N+](=O)[O-])c1)n2CCC. The highest BCUT2D eigenvalue weighted by Gasteiger charge is 2.21. The molecule has 2 heterocycles. The van der Waals surface area contributed by atoms with E-state index in [0.717, 1.165) is 19.3 Å². The van der Waals surface area contributed by atoms with E-state index < -0.39 is 16.2 Å². The molecular formula is C19H23N5O4. The molecule has 9 heteroatoms. The lowest BCUT2D eigenvalue weighted by Gasteiger charge is -2.08. The number of aryl methyl sites for hydroxylation is 3. The third-order valence-electron chi connectivity index (χ3n) is 4.73. The molecule has 0 spiro atoms. The van der Waals surface area contributed by atoms with Crippen molar-refractivity contribution in [3.05, 3.63) is 54.7 Å². The Bertz CT molecular complexity index is 1160. The summed E-state index contributed by atoms with van der Waals surface area (Å²) < 4.78 is 3.21. The van der Waals surface area contributed by atoms with Crippen molar-refractivity contribution in [2.75, 3.05) is 0 Å². The summed E-state index contributed by atoms with van der Waals surface area (Å²) >= 11 is 0. The van der Waals surface area contributed by atoms with Gasteiger partial charge in [-0.2, -0.15) is 0 Å². The summed E-state index contributed by atoms with van der Waals surface area (Å²) in [5, 5.41) is 11.3. The fraction of sp³-hybridized carbons (Fsp3) is 0.421. The zero-order chi connectivity index (χ0) is 20.4. The van der Waals surface area contributed by atoms with Gasteiger partial charge in [0.1, 0.15) is 5.82 Å². The van der Waals surface area contributed by atoms with Crippen molar-refractivity contribution in [3.8, 4) is 11.4 Å². The normalized spacial score (nSPS) is 11.2. The Balaban J connectivity index is 2.34. The monoisotopic (exact) mass is 385 g/mol. The van der Waals surface area contributed by atoms with Crippen LogP contribution in [0.2, 0.25) is 0 Å².